The Hall–Kier alpha value is -2.57. The molecule has 3 aromatic rings. The van der Waals surface area contributed by atoms with Crippen molar-refractivity contribution in [3.63, 3.8) is 0 Å². The molecule has 0 unspecified atom stereocenters. The summed E-state index contributed by atoms with van der Waals surface area (Å²) in [4.78, 5) is -0.466. The zero-order valence-corrected chi connectivity index (χ0v) is 14.3. The smallest absolute Gasteiger partial charge is 0.146 e. The summed E-state index contributed by atoms with van der Waals surface area (Å²) < 4.78 is 47.3. The SMILES string of the molecule is O=S(=O)([N-]c1ccc(Oc2ccccc2Cl)cc1)c1ccccc1F. The largest absolute Gasteiger partial charge is 0.573 e. The van der Waals surface area contributed by atoms with Crippen LogP contribution in [-0.4, -0.2) is 8.42 Å². The van der Waals surface area contributed by atoms with Crippen LogP contribution in [0.5, 0.6) is 11.5 Å². The van der Waals surface area contributed by atoms with Crippen LogP contribution in [0.2, 0.25) is 5.02 Å². The van der Waals surface area contributed by atoms with Gasteiger partial charge in [-0.15, -0.1) is 5.69 Å². The number of rotatable bonds is 5. The van der Waals surface area contributed by atoms with Gasteiger partial charge < -0.3 is 9.46 Å². The molecule has 0 atom stereocenters. The second-order valence-electron chi connectivity index (χ2n) is 5.02. The molecule has 25 heavy (non-hydrogen) atoms. The number of hydrogen-bond acceptors (Lipinski definition) is 3. The Morgan fingerprint density at radius 2 is 1.52 bits per heavy atom. The molecule has 0 radical (unpaired) electrons. The zero-order valence-electron chi connectivity index (χ0n) is 12.8. The summed E-state index contributed by atoms with van der Waals surface area (Å²) in [5.74, 6) is 0.105. The molecule has 0 aliphatic heterocycles. The maximum Gasteiger partial charge on any atom is 0.146 e. The van der Waals surface area contributed by atoms with Gasteiger partial charge in [-0.25, -0.2) is 12.8 Å². The summed E-state index contributed by atoms with van der Waals surface area (Å²) in [6.45, 7) is 0. The van der Waals surface area contributed by atoms with Crippen molar-refractivity contribution in [2.45, 2.75) is 4.90 Å². The van der Waals surface area contributed by atoms with E-state index in [2.05, 4.69) is 4.72 Å². The Labute approximate surface area is 149 Å². The van der Waals surface area contributed by atoms with Crippen molar-refractivity contribution >= 4 is 27.3 Å². The first kappa shape index (κ1) is 17.3. The molecule has 0 amide bonds. The molecule has 0 spiro atoms. The van der Waals surface area contributed by atoms with E-state index in [1.54, 1.807) is 36.4 Å². The van der Waals surface area contributed by atoms with E-state index >= 15 is 0 Å². The molecular weight excluding hydrogens is 365 g/mol. The van der Waals surface area contributed by atoms with Crippen molar-refractivity contribution in [3.8, 4) is 11.5 Å². The minimum atomic E-state index is -4.13. The highest BCUT2D eigenvalue weighted by Crippen LogP contribution is 2.33. The molecule has 3 aromatic carbocycles. The lowest BCUT2D eigenvalue weighted by Gasteiger charge is -2.22. The van der Waals surface area contributed by atoms with E-state index in [1.807, 2.05) is 0 Å². The van der Waals surface area contributed by atoms with Crippen LogP contribution in [0, 0.1) is 5.82 Å². The van der Waals surface area contributed by atoms with Gasteiger partial charge in [0, 0.05) is 0 Å². The summed E-state index contributed by atoms with van der Waals surface area (Å²) in [6.07, 6.45) is 0. The van der Waals surface area contributed by atoms with Crippen molar-refractivity contribution in [2.24, 2.45) is 0 Å². The third-order valence-electron chi connectivity index (χ3n) is 3.24. The van der Waals surface area contributed by atoms with Crippen molar-refractivity contribution < 1.29 is 17.5 Å². The van der Waals surface area contributed by atoms with E-state index in [0.29, 0.717) is 16.5 Å². The molecule has 0 N–H and O–H groups in total. The average Bonchev–Trinajstić information content (AvgIpc) is 2.58. The first-order valence-electron chi connectivity index (χ1n) is 7.21. The van der Waals surface area contributed by atoms with Crippen molar-refractivity contribution in [1.29, 1.82) is 0 Å². The van der Waals surface area contributed by atoms with Gasteiger partial charge in [0.25, 0.3) is 0 Å². The number of hydrogen-bond donors (Lipinski definition) is 0. The summed E-state index contributed by atoms with van der Waals surface area (Å²) in [5.41, 5.74) is 0.162. The monoisotopic (exact) mass is 376 g/mol. The van der Waals surface area contributed by atoms with E-state index in [0.717, 1.165) is 6.07 Å². The summed E-state index contributed by atoms with van der Waals surface area (Å²) in [6, 6.07) is 18.1. The van der Waals surface area contributed by atoms with Crippen molar-refractivity contribution in [1.82, 2.24) is 0 Å². The maximum absolute atomic E-state index is 13.7. The fraction of sp³-hybridized carbons (Fsp3) is 0. The first-order chi connectivity index (χ1) is 12.0. The lowest BCUT2D eigenvalue weighted by Crippen LogP contribution is -2.00. The van der Waals surface area contributed by atoms with E-state index in [-0.39, 0.29) is 5.69 Å². The van der Waals surface area contributed by atoms with Gasteiger partial charge in [-0.3, -0.25) is 0 Å². The molecule has 3 rings (SSSR count). The maximum atomic E-state index is 13.7. The Kier molecular flexibility index (Phi) is 4.92. The lowest BCUT2D eigenvalue weighted by atomic mass is 10.3. The van der Waals surface area contributed by atoms with Crippen LogP contribution in [-0.2, 0) is 10.0 Å². The normalized spacial score (nSPS) is 11.1. The van der Waals surface area contributed by atoms with Crippen LogP contribution < -0.4 is 4.74 Å². The predicted molar refractivity (Wildman–Crippen MR) is 94.6 cm³/mol. The third kappa shape index (κ3) is 4.10. The molecule has 0 fully saturated rings. The second-order valence-corrected chi connectivity index (χ2v) is 7.00. The molecular formula is C18H12ClFNO3S-. The molecule has 4 nitrogen and oxygen atoms in total. The van der Waals surface area contributed by atoms with Crippen molar-refractivity contribution in [2.75, 3.05) is 0 Å². The molecule has 0 saturated carbocycles. The summed E-state index contributed by atoms with van der Waals surface area (Å²) >= 11 is 6.02. The fourth-order valence-corrected chi connectivity index (χ4v) is 3.31. The first-order valence-corrected chi connectivity index (χ1v) is 9.02. The van der Waals surface area contributed by atoms with Crippen LogP contribution in [0.1, 0.15) is 0 Å². The number of ether oxygens (including phenoxy) is 1. The van der Waals surface area contributed by atoms with Crippen LogP contribution >= 0.6 is 11.6 Å². The summed E-state index contributed by atoms with van der Waals surface area (Å²) in [5, 5.41) is 0.457. The van der Waals surface area contributed by atoms with Gasteiger partial charge in [-0.05, 0) is 36.4 Å². The van der Waals surface area contributed by atoms with Crippen LogP contribution in [0.4, 0.5) is 10.1 Å². The predicted octanol–water partition coefficient (Wildman–Crippen LogP) is 5.67. The molecule has 0 heterocycles. The van der Waals surface area contributed by atoms with Gasteiger partial charge in [0.1, 0.15) is 27.3 Å². The minimum absolute atomic E-state index is 0.162. The molecule has 0 aliphatic carbocycles. The third-order valence-corrected chi connectivity index (χ3v) is 4.89. The van der Waals surface area contributed by atoms with Crippen LogP contribution in [0.3, 0.4) is 0 Å². The quantitative estimate of drug-likeness (QED) is 0.576. The van der Waals surface area contributed by atoms with E-state index < -0.39 is 20.7 Å². The topological polar surface area (TPSA) is 57.5 Å². The van der Waals surface area contributed by atoms with Gasteiger partial charge in [-0.1, -0.05) is 48.0 Å². The Balaban J connectivity index is 1.77. The van der Waals surface area contributed by atoms with Crippen molar-refractivity contribution in [3.05, 3.63) is 88.4 Å². The van der Waals surface area contributed by atoms with Gasteiger partial charge in [0.05, 0.1) is 9.92 Å². The highest BCUT2D eigenvalue weighted by atomic mass is 35.5. The Bertz CT molecular complexity index is 991. The number of para-hydroxylation sites is 1. The van der Waals surface area contributed by atoms with Gasteiger partial charge >= 0.3 is 0 Å². The fourth-order valence-electron chi connectivity index (χ4n) is 2.07. The summed E-state index contributed by atoms with van der Waals surface area (Å²) in [7, 11) is -4.13. The zero-order chi connectivity index (χ0) is 17.9. The van der Waals surface area contributed by atoms with Gasteiger partial charge in [-0.2, -0.15) is 0 Å². The number of nitrogens with zero attached hydrogens (tertiary/aromatic N) is 1. The highest BCUT2D eigenvalue weighted by Gasteiger charge is 2.10. The van der Waals surface area contributed by atoms with Gasteiger partial charge in [0.15, 0.2) is 0 Å². The van der Waals surface area contributed by atoms with E-state index in [9.17, 15) is 12.8 Å². The number of sulfonamides is 1. The highest BCUT2D eigenvalue weighted by molar-refractivity contribution is 7.94. The lowest BCUT2D eigenvalue weighted by molar-refractivity contribution is 0.483. The van der Waals surface area contributed by atoms with Crippen LogP contribution in [0.25, 0.3) is 4.72 Å². The molecule has 0 saturated heterocycles. The molecule has 7 heteroatoms. The minimum Gasteiger partial charge on any atom is -0.573 e. The van der Waals surface area contributed by atoms with E-state index in [4.69, 9.17) is 16.3 Å². The number of benzene rings is 3. The standard InChI is InChI=1S/C18H12ClFNO3S/c19-15-5-1-3-7-17(15)24-14-11-9-13(10-12-14)21-25(22,23)18-8-4-2-6-16(18)20/h1-12H/q-1. The average molecular weight is 377 g/mol. The number of halogens is 2. The molecule has 128 valence electrons. The van der Waals surface area contributed by atoms with E-state index in [1.165, 1.54) is 30.3 Å². The Morgan fingerprint density at radius 1 is 0.880 bits per heavy atom. The van der Waals surface area contributed by atoms with Crippen LogP contribution in [0.15, 0.2) is 77.7 Å². The van der Waals surface area contributed by atoms with Gasteiger partial charge in [0.2, 0.25) is 0 Å². The Morgan fingerprint density at radius 3 is 2.20 bits per heavy atom. The second kappa shape index (κ2) is 7.13. The molecule has 0 aliphatic rings. The molecule has 0 aromatic heterocycles. The molecule has 0 bridgehead atoms.